The van der Waals surface area contributed by atoms with E-state index in [2.05, 4.69) is 42.0 Å². The SMILES string of the molecule is C[Se+](C)c1ccccc1. The Bertz CT molecular complexity index is 167. The van der Waals surface area contributed by atoms with Gasteiger partial charge in [0.2, 0.25) is 0 Å². The molecule has 9 heavy (non-hydrogen) atoms. The molecule has 0 N–H and O–H groups in total. The van der Waals surface area contributed by atoms with E-state index in [0.717, 1.165) is 0 Å². The van der Waals surface area contributed by atoms with E-state index in [1.807, 2.05) is 0 Å². The van der Waals surface area contributed by atoms with Gasteiger partial charge in [-0.15, -0.1) is 0 Å². The van der Waals surface area contributed by atoms with Gasteiger partial charge in [-0.05, 0) is 0 Å². The van der Waals surface area contributed by atoms with E-state index >= 15 is 0 Å². The quantitative estimate of drug-likeness (QED) is 0.585. The third kappa shape index (κ3) is 1.85. The van der Waals surface area contributed by atoms with Crippen molar-refractivity contribution in [1.29, 1.82) is 0 Å². The van der Waals surface area contributed by atoms with Gasteiger partial charge in [-0.2, -0.15) is 0 Å². The molecule has 1 aromatic rings. The summed E-state index contributed by atoms with van der Waals surface area (Å²) in [7, 11) is 0. The number of benzene rings is 1. The zero-order valence-corrected chi connectivity index (χ0v) is 7.51. The molecular weight excluding hydrogens is 175 g/mol. The second-order valence-corrected chi connectivity index (χ2v) is 6.54. The Labute approximate surface area is 60.8 Å². The molecule has 1 aromatic carbocycles. The first-order valence-corrected chi connectivity index (χ1v) is 7.21. The van der Waals surface area contributed by atoms with Crippen LogP contribution in [-0.2, 0) is 0 Å². The van der Waals surface area contributed by atoms with Crippen LogP contribution in [0.2, 0.25) is 11.6 Å². The molecule has 0 fully saturated rings. The molecule has 0 aromatic heterocycles. The fraction of sp³-hybridized carbons (Fsp3) is 0.250. The van der Waals surface area contributed by atoms with Gasteiger partial charge in [0, 0.05) is 0 Å². The van der Waals surface area contributed by atoms with E-state index in [4.69, 9.17) is 0 Å². The standard InChI is InChI=1S/C8H11Se/c1-9(2)8-6-4-3-5-7-8/h3-7H,1-2H3/q+1. The molecule has 0 saturated carbocycles. The van der Waals surface area contributed by atoms with E-state index in [1.165, 1.54) is 4.46 Å². The van der Waals surface area contributed by atoms with Crippen molar-refractivity contribution >= 4 is 18.4 Å². The van der Waals surface area contributed by atoms with Crippen molar-refractivity contribution in [3.8, 4) is 0 Å². The van der Waals surface area contributed by atoms with Crippen molar-refractivity contribution in [3.05, 3.63) is 30.3 Å². The fourth-order valence-electron chi connectivity index (χ4n) is 0.693. The summed E-state index contributed by atoms with van der Waals surface area (Å²) < 4.78 is 1.54. The van der Waals surface area contributed by atoms with E-state index in [1.54, 1.807) is 0 Å². The number of hydrogen-bond acceptors (Lipinski definition) is 0. The van der Waals surface area contributed by atoms with Crippen molar-refractivity contribution in [2.45, 2.75) is 11.6 Å². The van der Waals surface area contributed by atoms with Crippen molar-refractivity contribution in [2.75, 3.05) is 0 Å². The summed E-state index contributed by atoms with van der Waals surface area (Å²) in [6, 6.07) is 10.7. The molecule has 0 bridgehead atoms. The molecule has 0 amide bonds. The second kappa shape index (κ2) is 3.05. The summed E-state index contributed by atoms with van der Waals surface area (Å²) in [5.41, 5.74) is 0. The van der Waals surface area contributed by atoms with Crippen LogP contribution < -0.4 is 4.46 Å². The van der Waals surface area contributed by atoms with Crippen LogP contribution in [0.1, 0.15) is 0 Å². The maximum absolute atomic E-state index is 2.33. The van der Waals surface area contributed by atoms with Crippen molar-refractivity contribution < 1.29 is 0 Å². The van der Waals surface area contributed by atoms with E-state index in [-0.39, 0.29) is 0 Å². The van der Waals surface area contributed by atoms with Crippen LogP contribution in [0.15, 0.2) is 30.3 Å². The molecule has 0 heterocycles. The van der Waals surface area contributed by atoms with Gasteiger partial charge in [0.15, 0.2) is 0 Å². The molecule has 0 aliphatic heterocycles. The number of hydrogen-bond donors (Lipinski definition) is 0. The van der Waals surface area contributed by atoms with E-state index < -0.39 is 13.9 Å². The molecule has 0 saturated heterocycles. The maximum atomic E-state index is 2.33. The fourth-order valence-corrected chi connectivity index (χ4v) is 2.16. The first-order valence-electron chi connectivity index (χ1n) is 2.93. The van der Waals surface area contributed by atoms with Gasteiger partial charge in [-0.3, -0.25) is 0 Å². The zero-order chi connectivity index (χ0) is 6.69. The van der Waals surface area contributed by atoms with Gasteiger partial charge in [0.25, 0.3) is 0 Å². The van der Waals surface area contributed by atoms with Crippen molar-refractivity contribution in [3.63, 3.8) is 0 Å². The molecule has 0 aliphatic rings. The topological polar surface area (TPSA) is 0 Å². The molecule has 0 aliphatic carbocycles. The van der Waals surface area contributed by atoms with Crippen LogP contribution in [0.4, 0.5) is 0 Å². The van der Waals surface area contributed by atoms with E-state index in [9.17, 15) is 0 Å². The summed E-state index contributed by atoms with van der Waals surface area (Å²) in [6.45, 7) is 0. The molecule has 0 radical (unpaired) electrons. The van der Waals surface area contributed by atoms with Crippen molar-refractivity contribution in [2.24, 2.45) is 0 Å². The van der Waals surface area contributed by atoms with Gasteiger partial charge in [0.05, 0.1) is 0 Å². The first-order chi connectivity index (χ1) is 4.30. The monoisotopic (exact) mass is 187 g/mol. The average molecular weight is 186 g/mol. The summed E-state index contributed by atoms with van der Waals surface area (Å²) in [4.78, 5) is 0. The van der Waals surface area contributed by atoms with Gasteiger partial charge in [0.1, 0.15) is 0 Å². The molecule has 1 rings (SSSR count). The normalized spacial score (nSPS) is 10.1. The molecule has 1 heteroatoms. The third-order valence-electron chi connectivity index (χ3n) is 1.21. The molecular formula is C8H11Se+. The first kappa shape index (κ1) is 6.85. The van der Waals surface area contributed by atoms with Gasteiger partial charge >= 0.3 is 60.3 Å². The molecule has 0 unspecified atom stereocenters. The van der Waals surface area contributed by atoms with Crippen LogP contribution in [0.25, 0.3) is 0 Å². The van der Waals surface area contributed by atoms with E-state index in [0.29, 0.717) is 0 Å². The predicted octanol–water partition coefficient (Wildman–Crippen LogP) is 1.65. The van der Waals surface area contributed by atoms with Crippen LogP contribution in [0.3, 0.4) is 0 Å². The second-order valence-electron chi connectivity index (χ2n) is 2.13. The van der Waals surface area contributed by atoms with Crippen LogP contribution in [0, 0.1) is 0 Å². The molecule has 0 nitrogen and oxygen atoms in total. The zero-order valence-electron chi connectivity index (χ0n) is 5.79. The minimum atomic E-state index is -0.410. The molecule has 0 atom stereocenters. The summed E-state index contributed by atoms with van der Waals surface area (Å²) >= 11 is -0.410. The third-order valence-corrected chi connectivity index (χ3v) is 3.76. The molecule has 0 spiro atoms. The Kier molecular flexibility index (Phi) is 2.32. The number of rotatable bonds is 1. The Morgan fingerprint density at radius 1 is 1.00 bits per heavy atom. The Balaban J connectivity index is 2.85. The minimum absolute atomic E-state index is 0.410. The van der Waals surface area contributed by atoms with Gasteiger partial charge < -0.3 is 0 Å². The predicted molar refractivity (Wildman–Crippen MR) is 43.6 cm³/mol. The summed E-state index contributed by atoms with van der Waals surface area (Å²) in [6.07, 6.45) is 0. The summed E-state index contributed by atoms with van der Waals surface area (Å²) in [5.74, 6) is 4.66. The van der Waals surface area contributed by atoms with Crippen molar-refractivity contribution in [1.82, 2.24) is 0 Å². The Morgan fingerprint density at radius 2 is 1.56 bits per heavy atom. The average Bonchev–Trinajstić information content (AvgIpc) is 1.90. The summed E-state index contributed by atoms with van der Waals surface area (Å²) in [5, 5.41) is 0. The van der Waals surface area contributed by atoms with Crippen LogP contribution in [0.5, 0.6) is 0 Å². The Morgan fingerprint density at radius 3 is 1.89 bits per heavy atom. The van der Waals surface area contributed by atoms with Gasteiger partial charge in [-0.1, -0.05) is 0 Å². The van der Waals surface area contributed by atoms with Gasteiger partial charge in [-0.25, -0.2) is 0 Å². The Hall–Kier alpha value is -0.261. The molecule has 48 valence electrons. The van der Waals surface area contributed by atoms with Crippen LogP contribution >= 0.6 is 0 Å². The van der Waals surface area contributed by atoms with Crippen LogP contribution in [-0.4, -0.2) is 13.9 Å².